The lowest BCUT2D eigenvalue weighted by Crippen LogP contribution is -2.00. The summed E-state index contributed by atoms with van der Waals surface area (Å²) in [6.07, 6.45) is 0. The molecule has 4 heteroatoms. The van der Waals surface area contributed by atoms with Crippen LogP contribution in [0, 0.1) is 5.82 Å². The molecule has 0 radical (unpaired) electrons. The van der Waals surface area contributed by atoms with E-state index in [2.05, 4.69) is 0 Å². The summed E-state index contributed by atoms with van der Waals surface area (Å²) < 4.78 is 24.1. The summed E-state index contributed by atoms with van der Waals surface area (Å²) >= 11 is 5.81. The maximum absolute atomic E-state index is 12.8. The van der Waals surface area contributed by atoms with Gasteiger partial charge in [0.15, 0.2) is 11.5 Å². The van der Waals surface area contributed by atoms with Crippen molar-refractivity contribution in [1.82, 2.24) is 0 Å². The molecule has 0 bridgehead atoms. The fraction of sp³-hybridized carbons (Fsp3) is 0.250. The molecule has 0 saturated carbocycles. The molecule has 20 heavy (non-hydrogen) atoms. The summed E-state index contributed by atoms with van der Waals surface area (Å²) in [5.74, 6) is 1.51. The Bertz CT molecular complexity index is 555. The van der Waals surface area contributed by atoms with Crippen LogP contribution in [0.5, 0.6) is 11.5 Å². The highest BCUT2D eigenvalue weighted by atomic mass is 35.5. The Morgan fingerprint density at radius 3 is 2.30 bits per heavy atom. The third kappa shape index (κ3) is 3.87. The van der Waals surface area contributed by atoms with E-state index in [4.69, 9.17) is 21.1 Å². The van der Waals surface area contributed by atoms with Crippen molar-refractivity contribution in [3.63, 3.8) is 0 Å². The van der Waals surface area contributed by atoms with Gasteiger partial charge in [0, 0.05) is 5.88 Å². The number of hydrogen-bond acceptors (Lipinski definition) is 2. The minimum absolute atomic E-state index is 0.254. The lowest BCUT2D eigenvalue weighted by Gasteiger charge is -2.13. The molecule has 0 aromatic heterocycles. The van der Waals surface area contributed by atoms with Gasteiger partial charge in [0.05, 0.1) is 6.61 Å². The van der Waals surface area contributed by atoms with Crippen molar-refractivity contribution in [3.8, 4) is 11.5 Å². The van der Waals surface area contributed by atoms with E-state index in [0.29, 0.717) is 30.6 Å². The molecule has 0 unspecified atom stereocenters. The second-order valence-corrected chi connectivity index (χ2v) is 4.53. The van der Waals surface area contributed by atoms with Gasteiger partial charge in [-0.15, -0.1) is 11.6 Å². The van der Waals surface area contributed by atoms with Crippen molar-refractivity contribution in [2.24, 2.45) is 0 Å². The first-order valence-corrected chi connectivity index (χ1v) is 6.95. The number of hydrogen-bond donors (Lipinski definition) is 0. The summed E-state index contributed by atoms with van der Waals surface area (Å²) in [6.45, 7) is 2.83. The smallest absolute Gasteiger partial charge is 0.161 e. The van der Waals surface area contributed by atoms with Crippen molar-refractivity contribution in [2.45, 2.75) is 19.4 Å². The third-order valence-electron chi connectivity index (χ3n) is 2.77. The SMILES string of the molecule is CCOc1cc(CCl)ccc1OCc1ccc(F)cc1. The van der Waals surface area contributed by atoms with Crippen LogP contribution in [-0.2, 0) is 12.5 Å². The van der Waals surface area contributed by atoms with Gasteiger partial charge in [-0.1, -0.05) is 18.2 Å². The highest BCUT2D eigenvalue weighted by Gasteiger charge is 2.06. The van der Waals surface area contributed by atoms with Crippen LogP contribution in [0.1, 0.15) is 18.1 Å². The zero-order chi connectivity index (χ0) is 14.4. The number of rotatable bonds is 6. The molecule has 0 amide bonds. The van der Waals surface area contributed by atoms with Crippen molar-refractivity contribution < 1.29 is 13.9 Å². The van der Waals surface area contributed by atoms with Crippen LogP contribution in [0.3, 0.4) is 0 Å². The molecule has 2 aromatic rings. The highest BCUT2D eigenvalue weighted by molar-refractivity contribution is 6.17. The largest absolute Gasteiger partial charge is 0.490 e. The Labute approximate surface area is 123 Å². The van der Waals surface area contributed by atoms with Gasteiger partial charge >= 0.3 is 0 Å². The Morgan fingerprint density at radius 1 is 0.950 bits per heavy atom. The first-order valence-electron chi connectivity index (χ1n) is 6.42. The van der Waals surface area contributed by atoms with Gasteiger partial charge in [-0.3, -0.25) is 0 Å². The first kappa shape index (κ1) is 14.7. The average molecular weight is 295 g/mol. The molecule has 0 aliphatic rings. The molecule has 0 heterocycles. The van der Waals surface area contributed by atoms with E-state index >= 15 is 0 Å². The molecular formula is C16H16ClFO2. The van der Waals surface area contributed by atoms with E-state index in [-0.39, 0.29) is 5.82 Å². The molecule has 0 atom stereocenters. The van der Waals surface area contributed by atoms with Crippen molar-refractivity contribution in [2.75, 3.05) is 6.61 Å². The van der Waals surface area contributed by atoms with Gasteiger partial charge in [0.2, 0.25) is 0 Å². The predicted octanol–water partition coefficient (Wildman–Crippen LogP) is 4.54. The van der Waals surface area contributed by atoms with Gasteiger partial charge in [-0.25, -0.2) is 4.39 Å². The van der Waals surface area contributed by atoms with Crippen LogP contribution in [0.2, 0.25) is 0 Å². The van der Waals surface area contributed by atoms with Gasteiger partial charge in [-0.2, -0.15) is 0 Å². The number of halogens is 2. The summed E-state index contributed by atoms with van der Waals surface area (Å²) in [5.41, 5.74) is 1.87. The molecular weight excluding hydrogens is 279 g/mol. The summed E-state index contributed by atoms with van der Waals surface area (Å²) in [6, 6.07) is 11.8. The highest BCUT2D eigenvalue weighted by Crippen LogP contribution is 2.29. The van der Waals surface area contributed by atoms with Crippen LogP contribution in [-0.4, -0.2) is 6.61 Å². The molecule has 106 valence electrons. The van der Waals surface area contributed by atoms with E-state index in [0.717, 1.165) is 11.1 Å². The number of benzene rings is 2. The Morgan fingerprint density at radius 2 is 1.65 bits per heavy atom. The van der Waals surface area contributed by atoms with Gasteiger partial charge in [0.25, 0.3) is 0 Å². The van der Waals surface area contributed by atoms with E-state index in [1.807, 2.05) is 25.1 Å². The molecule has 0 fully saturated rings. The van der Waals surface area contributed by atoms with E-state index in [1.54, 1.807) is 12.1 Å². The van der Waals surface area contributed by atoms with E-state index in [9.17, 15) is 4.39 Å². The van der Waals surface area contributed by atoms with Crippen LogP contribution >= 0.6 is 11.6 Å². The topological polar surface area (TPSA) is 18.5 Å². The summed E-state index contributed by atoms with van der Waals surface area (Å²) in [5, 5.41) is 0. The minimum Gasteiger partial charge on any atom is -0.490 e. The molecule has 0 spiro atoms. The second-order valence-electron chi connectivity index (χ2n) is 4.26. The van der Waals surface area contributed by atoms with Crippen LogP contribution in [0.15, 0.2) is 42.5 Å². The number of alkyl halides is 1. The third-order valence-corrected chi connectivity index (χ3v) is 3.08. The molecule has 2 nitrogen and oxygen atoms in total. The zero-order valence-corrected chi connectivity index (χ0v) is 12.0. The maximum Gasteiger partial charge on any atom is 0.161 e. The molecule has 0 N–H and O–H groups in total. The molecule has 2 aromatic carbocycles. The lowest BCUT2D eigenvalue weighted by atomic mass is 10.2. The van der Waals surface area contributed by atoms with Crippen LogP contribution in [0.4, 0.5) is 4.39 Å². The van der Waals surface area contributed by atoms with Crippen molar-refractivity contribution in [1.29, 1.82) is 0 Å². The zero-order valence-electron chi connectivity index (χ0n) is 11.2. The van der Waals surface area contributed by atoms with Gasteiger partial charge < -0.3 is 9.47 Å². The molecule has 0 saturated heterocycles. The number of ether oxygens (including phenoxy) is 2. The molecule has 0 aliphatic carbocycles. The second kappa shape index (κ2) is 7.15. The Kier molecular flexibility index (Phi) is 5.24. The van der Waals surface area contributed by atoms with E-state index in [1.165, 1.54) is 12.1 Å². The lowest BCUT2D eigenvalue weighted by molar-refractivity contribution is 0.269. The Balaban J connectivity index is 2.09. The first-order chi connectivity index (χ1) is 9.72. The molecule has 0 aliphatic heterocycles. The maximum atomic E-state index is 12.8. The van der Waals surface area contributed by atoms with Crippen LogP contribution < -0.4 is 9.47 Å². The average Bonchev–Trinajstić information content (AvgIpc) is 2.48. The van der Waals surface area contributed by atoms with Crippen LogP contribution in [0.25, 0.3) is 0 Å². The normalized spacial score (nSPS) is 10.3. The minimum atomic E-state index is -0.254. The van der Waals surface area contributed by atoms with E-state index < -0.39 is 0 Å². The fourth-order valence-electron chi connectivity index (χ4n) is 1.76. The van der Waals surface area contributed by atoms with Gasteiger partial charge in [-0.05, 0) is 42.3 Å². The predicted molar refractivity (Wildman–Crippen MR) is 77.9 cm³/mol. The molecule has 2 rings (SSSR count). The van der Waals surface area contributed by atoms with Gasteiger partial charge in [0.1, 0.15) is 12.4 Å². The summed E-state index contributed by atoms with van der Waals surface area (Å²) in [7, 11) is 0. The van der Waals surface area contributed by atoms with Crippen molar-refractivity contribution >= 4 is 11.6 Å². The fourth-order valence-corrected chi connectivity index (χ4v) is 1.93. The summed E-state index contributed by atoms with van der Waals surface area (Å²) in [4.78, 5) is 0. The standard InChI is InChI=1S/C16H16ClFO2/c1-2-19-16-9-13(10-17)5-8-15(16)20-11-12-3-6-14(18)7-4-12/h3-9H,2,10-11H2,1H3. The monoisotopic (exact) mass is 294 g/mol. The quantitative estimate of drug-likeness (QED) is 0.728. The Hall–Kier alpha value is -1.74. The van der Waals surface area contributed by atoms with Crippen molar-refractivity contribution in [3.05, 3.63) is 59.4 Å².